The molecule has 18 nitrogen and oxygen atoms in total. The number of hydrogen-bond acceptors (Lipinski definition) is 16. The van der Waals surface area contributed by atoms with Gasteiger partial charge in [-0.05, 0) is 77.9 Å². The first kappa shape index (κ1) is 46.4. The van der Waals surface area contributed by atoms with Gasteiger partial charge in [0.15, 0.2) is 0 Å². The lowest BCUT2D eigenvalue weighted by Gasteiger charge is -2.31. The number of carbonyl (C=O) groups is 6. The minimum Gasteiger partial charge on any atom is -0.507 e. The number of aromatic hydroxyl groups is 2. The predicted octanol–water partition coefficient (Wildman–Crippen LogP) is 5.55. The van der Waals surface area contributed by atoms with Crippen LogP contribution in [0.2, 0.25) is 0 Å². The number of ether oxygens (including phenoxy) is 4. The zero-order valence-corrected chi connectivity index (χ0v) is 36.1. The van der Waals surface area contributed by atoms with Gasteiger partial charge in [0.1, 0.15) is 44.1 Å². The van der Waals surface area contributed by atoms with Crippen LogP contribution in [-0.2, 0) is 18.9 Å². The summed E-state index contributed by atoms with van der Waals surface area (Å²) in [4.78, 5) is 88.2. The lowest BCUT2D eigenvalue weighted by Crippen LogP contribution is -2.48. The number of amides is 4. The molecule has 4 amide bonds. The van der Waals surface area contributed by atoms with E-state index in [2.05, 4.69) is 20.6 Å². The topological polar surface area (TPSA) is 236 Å². The number of hydrogen-bond donors (Lipinski definition) is 4. The zero-order chi connectivity index (χ0) is 44.4. The maximum Gasteiger partial charge on any atom is 0.410 e. The van der Waals surface area contributed by atoms with Crippen LogP contribution in [0.5, 0.6) is 11.5 Å². The predicted molar refractivity (Wildman–Crippen MR) is 221 cm³/mol. The Labute approximate surface area is 354 Å². The number of nitrogens with one attached hydrogen (secondary N) is 2. The van der Waals surface area contributed by atoms with E-state index < -0.39 is 47.1 Å². The molecular formula is C40H48N6O12S2. The number of methoxy groups -OCH3 is 2. The summed E-state index contributed by atoms with van der Waals surface area (Å²) in [5.74, 6) is -2.61. The second-order valence-corrected chi connectivity index (χ2v) is 16.7. The Morgan fingerprint density at radius 3 is 1.32 bits per heavy atom. The van der Waals surface area contributed by atoms with Crippen LogP contribution in [-0.4, -0.2) is 131 Å². The van der Waals surface area contributed by atoms with Gasteiger partial charge >= 0.3 is 24.1 Å². The fourth-order valence-electron chi connectivity index (χ4n) is 5.18. The fourth-order valence-corrected chi connectivity index (χ4v) is 6.83. The van der Waals surface area contributed by atoms with Gasteiger partial charge in [0.25, 0.3) is 11.8 Å². The Kier molecular flexibility index (Phi) is 15.6. The summed E-state index contributed by atoms with van der Waals surface area (Å²) >= 11 is 2.16. The fraction of sp³-hybridized carbons (Fsp3) is 0.400. The van der Waals surface area contributed by atoms with Crippen LogP contribution in [0.1, 0.15) is 83.2 Å². The summed E-state index contributed by atoms with van der Waals surface area (Å²) in [5, 5.41) is 29.8. The average Bonchev–Trinajstić information content (AvgIpc) is 3.88. The molecule has 0 aliphatic rings. The summed E-state index contributed by atoms with van der Waals surface area (Å²) in [6.07, 6.45) is -1.40. The number of esters is 2. The molecule has 4 rings (SSSR count). The number of aromatic nitrogens is 2. The summed E-state index contributed by atoms with van der Waals surface area (Å²) in [6.45, 7) is 10.0. The maximum absolute atomic E-state index is 13.3. The van der Waals surface area contributed by atoms with Gasteiger partial charge in [0.05, 0.1) is 36.5 Å². The molecule has 0 saturated carbocycles. The molecule has 4 N–H and O–H groups in total. The normalized spacial score (nSPS) is 11.3. The first-order valence-electron chi connectivity index (χ1n) is 18.5. The van der Waals surface area contributed by atoms with Crippen molar-refractivity contribution in [2.24, 2.45) is 0 Å². The maximum atomic E-state index is 13.3. The van der Waals surface area contributed by atoms with Crippen molar-refractivity contribution in [2.75, 3.05) is 53.5 Å². The Hall–Kier alpha value is -6.28. The average molecular weight is 869 g/mol. The van der Waals surface area contributed by atoms with Crippen LogP contribution < -0.4 is 10.6 Å². The Morgan fingerprint density at radius 2 is 0.983 bits per heavy atom. The van der Waals surface area contributed by atoms with E-state index in [4.69, 9.17) is 18.9 Å². The molecule has 2 aromatic heterocycles. The van der Waals surface area contributed by atoms with E-state index in [-0.39, 0.29) is 94.4 Å². The van der Waals surface area contributed by atoms with Gasteiger partial charge in [0, 0.05) is 50.0 Å². The van der Waals surface area contributed by atoms with E-state index in [9.17, 15) is 39.0 Å². The highest BCUT2D eigenvalue weighted by Gasteiger charge is 2.27. The molecule has 0 spiro atoms. The van der Waals surface area contributed by atoms with Crippen molar-refractivity contribution in [3.63, 3.8) is 0 Å². The second-order valence-electron chi connectivity index (χ2n) is 15.0. The third-order valence-corrected chi connectivity index (χ3v) is 9.80. The summed E-state index contributed by atoms with van der Waals surface area (Å²) in [5.41, 5.74) is -0.772. The Balaban J connectivity index is 1.41. The van der Waals surface area contributed by atoms with Gasteiger partial charge < -0.3 is 49.6 Å². The second kappa shape index (κ2) is 20.1. The first-order chi connectivity index (χ1) is 28.2. The smallest absolute Gasteiger partial charge is 0.410 e. The summed E-state index contributed by atoms with van der Waals surface area (Å²) in [7, 11) is 2.47. The number of phenols is 2. The van der Waals surface area contributed by atoms with Crippen LogP contribution >= 0.6 is 22.7 Å². The minimum atomic E-state index is -0.861. The van der Waals surface area contributed by atoms with Gasteiger partial charge in [0.2, 0.25) is 0 Å². The summed E-state index contributed by atoms with van der Waals surface area (Å²) < 4.78 is 20.7. The third kappa shape index (κ3) is 13.1. The largest absolute Gasteiger partial charge is 0.507 e. The molecule has 2 aromatic carbocycles. The van der Waals surface area contributed by atoms with Gasteiger partial charge in [-0.25, -0.2) is 29.1 Å². The quantitative estimate of drug-likeness (QED) is 0.0847. The van der Waals surface area contributed by atoms with Crippen LogP contribution in [0.4, 0.5) is 9.59 Å². The van der Waals surface area contributed by atoms with Crippen LogP contribution in [0, 0.1) is 0 Å². The lowest BCUT2D eigenvalue weighted by molar-refractivity contribution is 0.0138. The highest BCUT2D eigenvalue weighted by atomic mass is 32.1. The number of nitrogens with zero attached hydrogens (tertiary/aromatic N) is 4. The van der Waals surface area contributed by atoms with E-state index in [1.165, 1.54) is 71.2 Å². The molecule has 0 radical (unpaired) electrons. The van der Waals surface area contributed by atoms with Crippen molar-refractivity contribution in [3.8, 4) is 32.6 Å². The lowest BCUT2D eigenvalue weighted by atomic mass is 10.1. The molecule has 0 unspecified atom stereocenters. The standard InChI is InChI=1S/C40H48N6O12S2/c1-39(2,3)57-37(53)45(15-13-41-31(49)27-21-59-33(43-27)25-19-23(35(51)55-7)9-11-29(25)47)17-18-46(38(54)58-40(4,5)6)16-14-42-32(50)28-22-60-34(44-28)26-20-24(36(52)56-8)10-12-30(26)48/h9-12,19-22,47-48H,13-18H2,1-8H3,(H,41,49)(H,42,50). The number of benzene rings is 2. The van der Waals surface area contributed by atoms with E-state index in [1.807, 2.05) is 0 Å². The minimum absolute atomic E-state index is 0.0250. The van der Waals surface area contributed by atoms with Crippen molar-refractivity contribution in [1.82, 2.24) is 30.4 Å². The highest BCUT2D eigenvalue weighted by Crippen LogP contribution is 2.34. The molecular weight excluding hydrogens is 821 g/mol. The molecule has 4 aromatic rings. The zero-order valence-electron chi connectivity index (χ0n) is 34.4. The van der Waals surface area contributed by atoms with E-state index in [0.29, 0.717) is 0 Å². The molecule has 0 aliphatic carbocycles. The molecule has 0 aliphatic heterocycles. The Bertz CT molecular complexity index is 2050. The van der Waals surface area contributed by atoms with Crippen molar-refractivity contribution in [2.45, 2.75) is 52.7 Å². The van der Waals surface area contributed by atoms with Crippen LogP contribution in [0.3, 0.4) is 0 Å². The van der Waals surface area contributed by atoms with Gasteiger partial charge in [-0.3, -0.25) is 9.59 Å². The van der Waals surface area contributed by atoms with E-state index in [1.54, 1.807) is 41.5 Å². The molecule has 0 bridgehead atoms. The van der Waals surface area contributed by atoms with Crippen molar-refractivity contribution in [3.05, 3.63) is 69.7 Å². The highest BCUT2D eigenvalue weighted by molar-refractivity contribution is 7.13. The number of thiazole rings is 2. The molecule has 0 atom stereocenters. The Morgan fingerprint density at radius 1 is 0.617 bits per heavy atom. The summed E-state index contributed by atoms with van der Waals surface area (Å²) in [6, 6.07) is 8.29. The number of carbonyl (C=O) groups excluding carboxylic acids is 6. The first-order valence-corrected chi connectivity index (χ1v) is 20.2. The molecule has 2 heterocycles. The number of rotatable bonds is 15. The van der Waals surface area contributed by atoms with Crippen LogP contribution in [0.15, 0.2) is 47.2 Å². The van der Waals surface area contributed by atoms with E-state index >= 15 is 0 Å². The molecule has 0 fully saturated rings. The molecule has 0 saturated heterocycles. The van der Waals surface area contributed by atoms with Crippen molar-refractivity contribution in [1.29, 1.82) is 0 Å². The van der Waals surface area contributed by atoms with Gasteiger partial charge in [-0.2, -0.15) is 0 Å². The molecule has 20 heteroatoms. The van der Waals surface area contributed by atoms with Gasteiger partial charge in [-0.1, -0.05) is 0 Å². The third-order valence-electron chi connectivity index (χ3n) is 8.05. The van der Waals surface area contributed by atoms with Crippen molar-refractivity contribution >= 4 is 58.6 Å². The van der Waals surface area contributed by atoms with Crippen molar-refractivity contribution < 1.29 is 57.9 Å². The molecule has 322 valence electrons. The number of phenolic OH excluding ortho intramolecular Hbond substituents is 2. The van der Waals surface area contributed by atoms with Crippen LogP contribution in [0.25, 0.3) is 21.1 Å². The molecule has 60 heavy (non-hydrogen) atoms. The monoisotopic (exact) mass is 868 g/mol. The SMILES string of the molecule is COC(=O)c1ccc(O)c(-c2nc(C(=O)NCCN(CCN(CCNC(=O)c3csc(-c4cc(C(=O)OC)ccc4O)n3)C(=O)OC(C)(C)C)C(=O)OC(C)(C)C)cs2)c1. The van der Waals surface area contributed by atoms with Gasteiger partial charge in [-0.15, -0.1) is 22.7 Å². The van der Waals surface area contributed by atoms with E-state index in [0.717, 1.165) is 22.7 Å².